The van der Waals surface area contributed by atoms with Crippen molar-refractivity contribution in [2.45, 2.75) is 32.4 Å². The van der Waals surface area contributed by atoms with Gasteiger partial charge in [0.25, 0.3) is 0 Å². The van der Waals surface area contributed by atoms with Gasteiger partial charge in [0, 0.05) is 30.2 Å². The van der Waals surface area contributed by atoms with E-state index in [1.54, 1.807) is 6.20 Å². The van der Waals surface area contributed by atoms with Gasteiger partial charge in [0.1, 0.15) is 6.10 Å². The van der Waals surface area contributed by atoms with Crippen LogP contribution in [0.4, 0.5) is 4.79 Å². The lowest BCUT2D eigenvalue weighted by molar-refractivity contribution is 0.0468. The number of amides is 1. The molecule has 1 fully saturated rings. The van der Waals surface area contributed by atoms with E-state index in [0.717, 1.165) is 31.5 Å². The topological polar surface area (TPSA) is 67.6 Å². The fraction of sp³-hybridized carbons (Fsp3) is 0.444. The second kappa shape index (κ2) is 8.36. The fourth-order valence-electron chi connectivity index (χ4n) is 2.87. The van der Waals surface area contributed by atoms with Crippen molar-refractivity contribution in [2.24, 2.45) is 0 Å². The highest BCUT2D eigenvalue weighted by molar-refractivity contribution is 6.30. The van der Waals surface area contributed by atoms with Crippen LogP contribution in [0.15, 0.2) is 34.9 Å². The van der Waals surface area contributed by atoms with Crippen LogP contribution in [0, 0.1) is 0 Å². The number of likely N-dealkylation sites (tertiary alicyclic amines) is 1. The first-order valence-electron chi connectivity index (χ1n) is 8.51. The van der Waals surface area contributed by atoms with Crippen LogP contribution >= 0.6 is 11.6 Å². The Bertz CT molecular complexity index is 711. The summed E-state index contributed by atoms with van der Waals surface area (Å²) in [7, 11) is 0. The van der Waals surface area contributed by atoms with Crippen LogP contribution in [0.5, 0.6) is 0 Å². The number of nitrogens with one attached hydrogen (secondary N) is 1. The first-order valence-corrected chi connectivity index (χ1v) is 8.89. The Hall–Kier alpha value is -2.05. The summed E-state index contributed by atoms with van der Waals surface area (Å²) in [5, 5.41) is 3.33. The van der Waals surface area contributed by atoms with Gasteiger partial charge in [-0.25, -0.2) is 9.78 Å². The third-order valence-corrected chi connectivity index (χ3v) is 4.39. The molecule has 1 aromatic carbocycles. The number of hydrogen-bond donors (Lipinski definition) is 1. The minimum atomic E-state index is -0.334. The molecule has 1 aliphatic heterocycles. The fourth-order valence-corrected chi connectivity index (χ4v) is 3.06. The Morgan fingerprint density at radius 2 is 2.24 bits per heavy atom. The van der Waals surface area contributed by atoms with Gasteiger partial charge in [0.2, 0.25) is 5.89 Å². The summed E-state index contributed by atoms with van der Waals surface area (Å²) in [5.41, 5.74) is 0.917. The number of piperidine rings is 1. The van der Waals surface area contributed by atoms with Gasteiger partial charge in [0.15, 0.2) is 5.76 Å². The van der Waals surface area contributed by atoms with Crippen molar-refractivity contribution in [3.8, 4) is 11.3 Å². The molecule has 0 radical (unpaired) electrons. The Balaban J connectivity index is 1.50. The number of carbonyl (C=O) groups excluding carboxylic acids is 1. The number of carbonyl (C=O) groups is 1. The largest absolute Gasteiger partial charge is 0.446 e. The molecule has 7 heteroatoms. The quantitative estimate of drug-likeness (QED) is 0.877. The maximum atomic E-state index is 11.5. The van der Waals surface area contributed by atoms with Gasteiger partial charge >= 0.3 is 6.09 Å². The molecule has 6 nitrogen and oxygen atoms in total. The van der Waals surface area contributed by atoms with Crippen molar-refractivity contribution in [2.75, 3.05) is 19.6 Å². The van der Waals surface area contributed by atoms with Gasteiger partial charge in [-0.2, -0.15) is 0 Å². The molecular formula is C18H22ClN3O3. The number of alkyl carbamates (subject to hydrolysis) is 1. The summed E-state index contributed by atoms with van der Waals surface area (Å²) in [6.07, 6.45) is 3.01. The van der Waals surface area contributed by atoms with Crippen molar-refractivity contribution in [1.29, 1.82) is 0 Å². The molecule has 1 amide bonds. The van der Waals surface area contributed by atoms with E-state index in [1.807, 2.05) is 31.2 Å². The van der Waals surface area contributed by atoms with Gasteiger partial charge in [-0.15, -0.1) is 0 Å². The normalized spacial score (nSPS) is 15.9. The third-order valence-electron chi connectivity index (χ3n) is 4.15. The lowest BCUT2D eigenvalue weighted by atomic mass is 10.1. The lowest BCUT2D eigenvalue weighted by Crippen LogP contribution is -2.39. The standard InChI is InChI=1S/C18H22ClN3O3/c1-2-20-18(23)24-15-6-8-22(9-7-15)12-17-21-11-16(25-17)13-4-3-5-14(19)10-13/h3-5,10-11,15H,2,6-9,12H2,1H3,(H,20,23). The first kappa shape index (κ1) is 17.8. The zero-order valence-corrected chi connectivity index (χ0v) is 15.0. The van der Waals surface area contributed by atoms with Crippen LogP contribution in [0.3, 0.4) is 0 Å². The zero-order chi connectivity index (χ0) is 17.6. The van der Waals surface area contributed by atoms with Crippen molar-refractivity contribution in [1.82, 2.24) is 15.2 Å². The van der Waals surface area contributed by atoms with Crippen LogP contribution in [0.1, 0.15) is 25.7 Å². The van der Waals surface area contributed by atoms with Crippen LogP contribution in [-0.2, 0) is 11.3 Å². The summed E-state index contributed by atoms with van der Waals surface area (Å²) in [6.45, 7) is 4.79. The van der Waals surface area contributed by atoms with E-state index in [4.69, 9.17) is 20.8 Å². The number of nitrogens with zero attached hydrogens (tertiary/aromatic N) is 2. The molecule has 134 valence electrons. The maximum Gasteiger partial charge on any atom is 0.407 e. The third kappa shape index (κ3) is 4.96. The summed E-state index contributed by atoms with van der Waals surface area (Å²) < 4.78 is 11.2. The molecular weight excluding hydrogens is 342 g/mol. The average Bonchev–Trinajstić information content (AvgIpc) is 3.05. The lowest BCUT2D eigenvalue weighted by Gasteiger charge is -2.30. The molecule has 3 rings (SSSR count). The highest BCUT2D eigenvalue weighted by Gasteiger charge is 2.23. The Morgan fingerprint density at radius 3 is 2.96 bits per heavy atom. The van der Waals surface area contributed by atoms with E-state index in [1.165, 1.54) is 0 Å². The van der Waals surface area contributed by atoms with Crippen molar-refractivity contribution >= 4 is 17.7 Å². The van der Waals surface area contributed by atoms with Crippen LogP contribution < -0.4 is 5.32 Å². The predicted octanol–water partition coefficient (Wildman–Crippen LogP) is 3.71. The molecule has 1 saturated heterocycles. The van der Waals surface area contributed by atoms with Crippen LogP contribution in [0.25, 0.3) is 11.3 Å². The zero-order valence-electron chi connectivity index (χ0n) is 14.2. The second-order valence-electron chi connectivity index (χ2n) is 6.04. The van der Waals surface area contributed by atoms with Crippen molar-refractivity contribution in [3.63, 3.8) is 0 Å². The average molecular weight is 364 g/mol. The van der Waals surface area contributed by atoms with Gasteiger partial charge in [-0.1, -0.05) is 23.7 Å². The molecule has 2 heterocycles. The molecule has 25 heavy (non-hydrogen) atoms. The number of aromatic nitrogens is 1. The van der Waals surface area contributed by atoms with E-state index in [9.17, 15) is 4.79 Å². The van der Waals surface area contributed by atoms with Gasteiger partial charge in [0.05, 0.1) is 12.7 Å². The van der Waals surface area contributed by atoms with Crippen LogP contribution in [-0.4, -0.2) is 41.7 Å². The van der Waals surface area contributed by atoms with Gasteiger partial charge in [-0.05, 0) is 31.9 Å². The molecule has 0 aliphatic carbocycles. The monoisotopic (exact) mass is 363 g/mol. The van der Waals surface area contributed by atoms with Gasteiger partial charge in [-0.3, -0.25) is 4.90 Å². The number of benzene rings is 1. The summed E-state index contributed by atoms with van der Waals surface area (Å²) in [4.78, 5) is 18.1. The molecule has 1 aromatic heterocycles. The highest BCUT2D eigenvalue weighted by atomic mass is 35.5. The minimum absolute atomic E-state index is 0.0191. The molecule has 0 atom stereocenters. The second-order valence-corrected chi connectivity index (χ2v) is 6.48. The molecule has 0 unspecified atom stereocenters. The Kier molecular flexibility index (Phi) is 5.94. The van der Waals surface area contributed by atoms with E-state index in [2.05, 4.69) is 15.2 Å². The van der Waals surface area contributed by atoms with E-state index < -0.39 is 0 Å². The van der Waals surface area contributed by atoms with E-state index >= 15 is 0 Å². The molecule has 2 aromatic rings. The Labute approximate surface area is 152 Å². The number of halogens is 1. The van der Waals surface area contributed by atoms with E-state index in [-0.39, 0.29) is 12.2 Å². The molecule has 1 N–H and O–H groups in total. The van der Waals surface area contributed by atoms with Crippen LogP contribution in [0.2, 0.25) is 5.02 Å². The smallest absolute Gasteiger partial charge is 0.407 e. The minimum Gasteiger partial charge on any atom is -0.446 e. The number of oxazole rings is 1. The number of rotatable bonds is 5. The Morgan fingerprint density at radius 1 is 1.44 bits per heavy atom. The molecule has 0 spiro atoms. The van der Waals surface area contributed by atoms with Crippen molar-refractivity contribution < 1.29 is 13.9 Å². The highest BCUT2D eigenvalue weighted by Crippen LogP contribution is 2.24. The maximum absolute atomic E-state index is 11.5. The molecule has 0 bridgehead atoms. The predicted molar refractivity (Wildman–Crippen MR) is 95.4 cm³/mol. The van der Waals surface area contributed by atoms with Crippen molar-refractivity contribution in [3.05, 3.63) is 41.4 Å². The SMILES string of the molecule is CCNC(=O)OC1CCN(Cc2ncc(-c3cccc(Cl)c3)o2)CC1. The summed E-state index contributed by atoms with van der Waals surface area (Å²) in [6, 6.07) is 7.52. The number of ether oxygens (including phenoxy) is 1. The summed E-state index contributed by atoms with van der Waals surface area (Å²) >= 11 is 6.02. The molecule has 1 aliphatic rings. The first-order chi connectivity index (χ1) is 12.1. The van der Waals surface area contributed by atoms with E-state index in [0.29, 0.717) is 29.8 Å². The summed E-state index contributed by atoms with van der Waals surface area (Å²) in [5.74, 6) is 1.39. The number of hydrogen-bond acceptors (Lipinski definition) is 5. The van der Waals surface area contributed by atoms with Gasteiger partial charge < -0.3 is 14.5 Å². The molecule has 0 saturated carbocycles.